The average Bonchev–Trinajstić information content (AvgIpc) is 3.28. The molecule has 0 bridgehead atoms. The number of benzene rings is 2. The molecule has 1 unspecified atom stereocenters. The van der Waals surface area contributed by atoms with E-state index in [4.69, 9.17) is 9.84 Å². The molecular formula is C25H22N2O4S. The molecule has 1 atom stereocenters. The topological polar surface area (TPSA) is 90.6 Å². The quantitative estimate of drug-likeness (QED) is 0.546. The zero-order chi connectivity index (χ0) is 22.5. The molecule has 2 aromatic carbocycles. The fraction of sp³-hybridized carbons (Fsp3) is 0.240. The third kappa shape index (κ3) is 4.98. The van der Waals surface area contributed by atoms with E-state index >= 15 is 0 Å². The predicted octanol–water partition coefficient (Wildman–Crippen LogP) is 4.61. The number of hydrogen-bond acceptors (Lipinski definition) is 5. The van der Waals surface area contributed by atoms with Crippen molar-refractivity contribution in [3.05, 3.63) is 87.1 Å². The molecule has 0 radical (unpaired) electrons. The van der Waals surface area contributed by atoms with E-state index in [-0.39, 0.29) is 12.3 Å². The van der Waals surface area contributed by atoms with Crippen molar-refractivity contribution in [3.63, 3.8) is 0 Å². The maximum absolute atomic E-state index is 12.7. The Morgan fingerprint density at radius 3 is 2.72 bits per heavy atom. The smallest absolute Gasteiger partial charge is 0.305 e. The van der Waals surface area contributed by atoms with Crippen LogP contribution >= 0.6 is 11.3 Å². The highest BCUT2D eigenvalue weighted by atomic mass is 32.1. The number of rotatable bonds is 8. The predicted molar refractivity (Wildman–Crippen MR) is 121 cm³/mol. The number of thiophene rings is 1. The summed E-state index contributed by atoms with van der Waals surface area (Å²) < 4.78 is 5.87. The van der Waals surface area contributed by atoms with Crippen molar-refractivity contribution in [2.24, 2.45) is 0 Å². The lowest BCUT2D eigenvalue weighted by molar-refractivity contribution is -0.137. The number of hydrogen-bond donors (Lipinski definition) is 1. The molecule has 1 aliphatic rings. The van der Waals surface area contributed by atoms with Gasteiger partial charge in [-0.3, -0.25) is 9.59 Å². The lowest BCUT2D eigenvalue weighted by Crippen LogP contribution is -2.36. The van der Waals surface area contributed by atoms with E-state index in [1.807, 2.05) is 46.7 Å². The molecule has 0 spiro atoms. The minimum atomic E-state index is -1.00. The van der Waals surface area contributed by atoms with E-state index < -0.39 is 11.9 Å². The highest BCUT2D eigenvalue weighted by Crippen LogP contribution is 2.26. The summed E-state index contributed by atoms with van der Waals surface area (Å²) in [6.07, 6.45) is 0.674. The number of carbonyl (C=O) groups excluding carboxylic acids is 1. The van der Waals surface area contributed by atoms with E-state index in [0.29, 0.717) is 24.5 Å². The summed E-state index contributed by atoms with van der Waals surface area (Å²) in [5, 5.41) is 20.1. The summed E-state index contributed by atoms with van der Waals surface area (Å²) in [6, 6.07) is 18.9. The van der Waals surface area contributed by atoms with Gasteiger partial charge in [0.25, 0.3) is 5.91 Å². The Labute approximate surface area is 190 Å². The van der Waals surface area contributed by atoms with Crippen molar-refractivity contribution < 1.29 is 19.4 Å². The van der Waals surface area contributed by atoms with Gasteiger partial charge in [-0.25, -0.2) is 0 Å². The summed E-state index contributed by atoms with van der Waals surface area (Å²) >= 11 is 1.64. The molecule has 2 heterocycles. The van der Waals surface area contributed by atoms with Gasteiger partial charge in [-0.15, -0.1) is 11.3 Å². The van der Waals surface area contributed by atoms with Crippen LogP contribution in [0.1, 0.15) is 44.3 Å². The van der Waals surface area contributed by atoms with Gasteiger partial charge >= 0.3 is 5.97 Å². The number of amides is 1. The molecule has 32 heavy (non-hydrogen) atoms. The molecule has 7 heteroatoms. The highest BCUT2D eigenvalue weighted by Gasteiger charge is 2.25. The van der Waals surface area contributed by atoms with Gasteiger partial charge in [0.05, 0.1) is 24.0 Å². The Bertz CT molecular complexity index is 1160. The van der Waals surface area contributed by atoms with Crippen LogP contribution in [-0.4, -0.2) is 28.4 Å². The molecule has 3 aromatic rings. The number of carbonyl (C=O) groups is 2. The number of carboxylic acid groups (broad SMARTS) is 1. The molecule has 4 rings (SSSR count). The van der Waals surface area contributed by atoms with Gasteiger partial charge in [0.2, 0.25) is 0 Å². The molecule has 0 saturated carbocycles. The van der Waals surface area contributed by atoms with Crippen LogP contribution in [0, 0.1) is 11.3 Å². The van der Waals surface area contributed by atoms with E-state index in [1.165, 1.54) is 4.88 Å². The van der Waals surface area contributed by atoms with E-state index in [2.05, 4.69) is 0 Å². The average molecular weight is 447 g/mol. The normalized spacial score (nSPS) is 13.8. The Kier molecular flexibility index (Phi) is 6.52. The lowest BCUT2D eigenvalue weighted by atomic mass is 9.97. The van der Waals surface area contributed by atoms with Crippen LogP contribution in [0.5, 0.6) is 5.75 Å². The molecule has 0 saturated heterocycles. The second kappa shape index (κ2) is 9.67. The van der Waals surface area contributed by atoms with Gasteiger partial charge in [-0.1, -0.05) is 36.4 Å². The second-order valence-corrected chi connectivity index (χ2v) is 8.69. The molecule has 1 aliphatic heterocycles. The number of aliphatic carboxylic acids is 1. The zero-order valence-corrected chi connectivity index (χ0v) is 18.2. The van der Waals surface area contributed by atoms with Gasteiger partial charge in [0.1, 0.15) is 12.4 Å². The molecule has 1 amide bonds. The Hall–Kier alpha value is -3.63. The van der Waals surface area contributed by atoms with Gasteiger partial charge in [-0.2, -0.15) is 5.26 Å². The SMILES string of the molecule is N#CC(CC(=O)O)c1ccc(OCc2cccc(CN3CCc4sccc4C3=O)c2)cc1. The van der Waals surface area contributed by atoms with Crippen LogP contribution in [0.4, 0.5) is 0 Å². The van der Waals surface area contributed by atoms with E-state index in [9.17, 15) is 14.9 Å². The monoisotopic (exact) mass is 446 g/mol. The van der Waals surface area contributed by atoms with Crippen molar-refractivity contribution in [1.29, 1.82) is 5.26 Å². The van der Waals surface area contributed by atoms with Crippen LogP contribution in [0.3, 0.4) is 0 Å². The van der Waals surface area contributed by atoms with Crippen LogP contribution in [0.15, 0.2) is 60.0 Å². The molecule has 1 N–H and O–H groups in total. The van der Waals surface area contributed by atoms with Crippen LogP contribution in [-0.2, 0) is 24.4 Å². The molecule has 162 valence electrons. The van der Waals surface area contributed by atoms with Crippen molar-refractivity contribution in [1.82, 2.24) is 4.90 Å². The summed E-state index contributed by atoms with van der Waals surface area (Å²) in [6.45, 7) is 1.66. The van der Waals surface area contributed by atoms with Crippen molar-refractivity contribution in [2.75, 3.05) is 6.54 Å². The Morgan fingerprint density at radius 1 is 1.19 bits per heavy atom. The number of ether oxygens (including phenoxy) is 1. The lowest BCUT2D eigenvalue weighted by Gasteiger charge is -2.27. The van der Waals surface area contributed by atoms with E-state index in [0.717, 1.165) is 29.7 Å². The minimum absolute atomic E-state index is 0.0906. The van der Waals surface area contributed by atoms with Gasteiger partial charge in [0.15, 0.2) is 0 Å². The molecule has 1 aromatic heterocycles. The van der Waals surface area contributed by atoms with Gasteiger partial charge < -0.3 is 14.7 Å². The third-order valence-corrected chi connectivity index (χ3v) is 6.44. The standard InChI is InChI=1S/C25H22N2O4S/c26-14-20(13-24(28)29)19-4-6-21(7-5-19)31-16-18-3-1-2-17(12-18)15-27-10-8-23-22(25(27)30)9-11-32-23/h1-7,9,11-12,20H,8,10,13,15-16H2,(H,28,29). The number of fused-ring (bicyclic) bond motifs is 1. The highest BCUT2D eigenvalue weighted by molar-refractivity contribution is 7.10. The maximum atomic E-state index is 12.7. The third-order valence-electron chi connectivity index (χ3n) is 5.46. The fourth-order valence-electron chi connectivity index (χ4n) is 3.80. The first kappa shape index (κ1) is 21.6. The van der Waals surface area contributed by atoms with Crippen LogP contribution in [0.25, 0.3) is 0 Å². The number of carboxylic acids is 1. The molecule has 0 fully saturated rings. The Morgan fingerprint density at radius 2 is 1.97 bits per heavy atom. The zero-order valence-electron chi connectivity index (χ0n) is 17.4. The first-order valence-corrected chi connectivity index (χ1v) is 11.2. The number of nitrogens with zero attached hydrogens (tertiary/aromatic N) is 2. The minimum Gasteiger partial charge on any atom is -0.489 e. The molecule has 6 nitrogen and oxygen atoms in total. The summed E-state index contributed by atoms with van der Waals surface area (Å²) in [5.41, 5.74) is 3.53. The second-order valence-electron chi connectivity index (χ2n) is 7.69. The fourth-order valence-corrected chi connectivity index (χ4v) is 4.66. The number of nitriles is 1. The Balaban J connectivity index is 1.36. The summed E-state index contributed by atoms with van der Waals surface area (Å²) in [4.78, 5) is 26.6. The summed E-state index contributed by atoms with van der Waals surface area (Å²) in [5.74, 6) is -0.949. The largest absolute Gasteiger partial charge is 0.489 e. The van der Waals surface area contributed by atoms with Crippen molar-refractivity contribution in [2.45, 2.75) is 31.9 Å². The van der Waals surface area contributed by atoms with Gasteiger partial charge in [-0.05, 0) is 40.3 Å². The van der Waals surface area contributed by atoms with Crippen LogP contribution < -0.4 is 4.74 Å². The first-order valence-electron chi connectivity index (χ1n) is 10.3. The van der Waals surface area contributed by atoms with Crippen molar-refractivity contribution in [3.8, 4) is 11.8 Å². The summed E-state index contributed by atoms with van der Waals surface area (Å²) in [7, 11) is 0. The molecule has 0 aliphatic carbocycles. The van der Waals surface area contributed by atoms with Gasteiger partial charge in [0, 0.05) is 24.4 Å². The van der Waals surface area contributed by atoms with Crippen molar-refractivity contribution >= 4 is 23.2 Å². The van der Waals surface area contributed by atoms with E-state index in [1.54, 1.807) is 35.6 Å². The maximum Gasteiger partial charge on any atom is 0.305 e. The van der Waals surface area contributed by atoms with Crippen LogP contribution in [0.2, 0.25) is 0 Å². The first-order chi connectivity index (χ1) is 15.5. The molecular weight excluding hydrogens is 424 g/mol.